The van der Waals surface area contributed by atoms with Crippen molar-refractivity contribution in [2.45, 2.75) is 51.9 Å². The van der Waals surface area contributed by atoms with E-state index < -0.39 is 17.9 Å². The van der Waals surface area contributed by atoms with Crippen LogP contribution in [-0.4, -0.2) is 41.3 Å². The van der Waals surface area contributed by atoms with Crippen molar-refractivity contribution in [3.8, 4) is 11.5 Å². The molecule has 0 amide bonds. The molecule has 2 aromatic carbocycles. The van der Waals surface area contributed by atoms with Crippen LogP contribution in [0.15, 0.2) is 48.5 Å². The van der Waals surface area contributed by atoms with Gasteiger partial charge in [0.15, 0.2) is 6.10 Å². The average Bonchev–Trinajstić information content (AvgIpc) is 2.69. The monoisotopic (exact) mass is 402 g/mol. The zero-order valence-electron chi connectivity index (χ0n) is 17.3. The van der Waals surface area contributed by atoms with Gasteiger partial charge in [-0.25, -0.2) is 4.79 Å². The minimum atomic E-state index is -1.06. The smallest absolute Gasteiger partial charge is 0.338 e. The molecule has 0 saturated carbocycles. The van der Waals surface area contributed by atoms with E-state index in [2.05, 4.69) is 0 Å². The number of benzene rings is 2. The molecule has 0 radical (unpaired) electrons. The minimum absolute atomic E-state index is 0.0838. The van der Waals surface area contributed by atoms with Crippen LogP contribution >= 0.6 is 0 Å². The second kappa shape index (κ2) is 10.8. The summed E-state index contributed by atoms with van der Waals surface area (Å²) in [5.41, 5.74) is 1.43. The van der Waals surface area contributed by atoms with Crippen molar-refractivity contribution >= 4 is 5.97 Å². The molecule has 2 aromatic rings. The molecule has 6 nitrogen and oxygen atoms in total. The number of rotatable bonds is 11. The predicted octanol–water partition coefficient (Wildman–Crippen LogP) is 4.44. The number of carbonyl (C=O) groups excluding carboxylic acids is 1. The van der Waals surface area contributed by atoms with Gasteiger partial charge in [-0.15, -0.1) is 0 Å². The van der Waals surface area contributed by atoms with Gasteiger partial charge in [0.05, 0.1) is 5.56 Å². The standard InChI is InChI=1S/C23H30O6/c1-4-27-23(3,28-5-2)21(8-6-7-17-9-13-19(24)14-10-17)29-22(26)18-11-15-20(25)16-12-18/h9-16,21,24-25H,4-8H2,1-3H3. The van der Waals surface area contributed by atoms with Gasteiger partial charge < -0.3 is 24.4 Å². The Morgan fingerprint density at radius 3 is 1.97 bits per heavy atom. The van der Waals surface area contributed by atoms with Gasteiger partial charge in [0.25, 0.3) is 0 Å². The van der Waals surface area contributed by atoms with E-state index >= 15 is 0 Å². The lowest BCUT2D eigenvalue weighted by Gasteiger charge is -2.36. The normalized spacial score (nSPS) is 12.5. The van der Waals surface area contributed by atoms with Crippen molar-refractivity contribution in [3.05, 3.63) is 59.7 Å². The topological polar surface area (TPSA) is 85.2 Å². The average molecular weight is 402 g/mol. The van der Waals surface area contributed by atoms with Crippen molar-refractivity contribution in [1.82, 2.24) is 0 Å². The van der Waals surface area contributed by atoms with Gasteiger partial charge in [-0.3, -0.25) is 0 Å². The zero-order valence-corrected chi connectivity index (χ0v) is 17.3. The molecular formula is C23H30O6. The van der Waals surface area contributed by atoms with E-state index in [9.17, 15) is 15.0 Å². The molecule has 6 heteroatoms. The van der Waals surface area contributed by atoms with Crippen molar-refractivity contribution in [2.75, 3.05) is 13.2 Å². The summed E-state index contributed by atoms with van der Waals surface area (Å²) in [7, 11) is 0. The summed E-state index contributed by atoms with van der Waals surface area (Å²) in [6.07, 6.45) is 1.44. The SMILES string of the molecule is CCOC(C)(OCC)C(CCCc1ccc(O)cc1)OC(=O)c1ccc(O)cc1. The number of carbonyl (C=O) groups is 1. The van der Waals surface area contributed by atoms with Crippen LogP contribution in [0.25, 0.3) is 0 Å². The minimum Gasteiger partial charge on any atom is -0.508 e. The number of aromatic hydroxyl groups is 2. The fraction of sp³-hybridized carbons (Fsp3) is 0.435. The van der Waals surface area contributed by atoms with E-state index in [4.69, 9.17) is 14.2 Å². The van der Waals surface area contributed by atoms with E-state index in [1.54, 1.807) is 19.1 Å². The highest BCUT2D eigenvalue weighted by atomic mass is 16.7. The third kappa shape index (κ3) is 6.76. The quantitative estimate of drug-likeness (QED) is 0.427. The highest BCUT2D eigenvalue weighted by Gasteiger charge is 2.38. The molecule has 0 fully saturated rings. The lowest BCUT2D eigenvalue weighted by atomic mass is 10.0. The van der Waals surface area contributed by atoms with Crippen LogP contribution in [0.2, 0.25) is 0 Å². The van der Waals surface area contributed by atoms with Gasteiger partial charge in [-0.2, -0.15) is 0 Å². The number of phenols is 2. The lowest BCUT2D eigenvalue weighted by molar-refractivity contribution is -0.269. The molecule has 1 atom stereocenters. The number of hydrogen-bond donors (Lipinski definition) is 2. The first-order chi connectivity index (χ1) is 13.9. The number of esters is 1. The first-order valence-corrected chi connectivity index (χ1v) is 9.93. The first kappa shape index (κ1) is 22.7. The van der Waals surface area contributed by atoms with Gasteiger partial charge in [0, 0.05) is 13.2 Å². The molecule has 0 saturated heterocycles. The van der Waals surface area contributed by atoms with Crippen LogP contribution in [-0.2, 0) is 20.6 Å². The second-order valence-electron chi connectivity index (χ2n) is 6.88. The molecule has 0 heterocycles. The van der Waals surface area contributed by atoms with E-state index in [-0.39, 0.29) is 11.5 Å². The third-order valence-electron chi connectivity index (χ3n) is 4.67. The molecular weight excluding hydrogens is 372 g/mol. The van der Waals surface area contributed by atoms with E-state index in [1.807, 2.05) is 26.0 Å². The maximum atomic E-state index is 12.6. The van der Waals surface area contributed by atoms with Crippen molar-refractivity contribution in [2.24, 2.45) is 0 Å². The second-order valence-corrected chi connectivity index (χ2v) is 6.88. The fourth-order valence-electron chi connectivity index (χ4n) is 3.18. The molecule has 0 aliphatic carbocycles. The van der Waals surface area contributed by atoms with Crippen LogP contribution in [0.4, 0.5) is 0 Å². The summed E-state index contributed by atoms with van der Waals surface area (Å²) < 4.78 is 17.5. The Labute approximate surface area is 172 Å². The van der Waals surface area contributed by atoms with Crippen LogP contribution in [0, 0.1) is 0 Å². The molecule has 0 aliphatic heterocycles. The number of hydrogen-bond acceptors (Lipinski definition) is 6. The summed E-state index contributed by atoms with van der Waals surface area (Å²) in [6.45, 7) is 6.36. The molecule has 1 unspecified atom stereocenters. The molecule has 0 aliphatic rings. The van der Waals surface area contributed by atoms with Gasteiger partial charge in [-0.1, -0.05) is 12.1 Å². The molecule has 29 heavy (non-hydrogen) atoms. The number of ether oxygens (including phenoxy) is 3. The predicted molar refractivity (Wildman–Crippen MR) is 110 cm³/mol. The number of phenolic OH excluding ortho intramolecular Hbond substituents is 2. The summed E-state index contributed by atoms with van der Waals surface area (Å²) >= 11 is 0. The van der Waals surface area contributed by atoms with Crippen LogP contribution in [0.1, 0.15) is 49.5 Å². The Hall–Kier alpha value is -2.57. The van der Waals surface area contributed by atoms with Gasteiger partial charge in [0.1, 0.15) is 11.5 Å². The van der Waals surface area contributed by atoms with Gasteiger partial charge in [-0.05, 0) is 82.0 Å². The first-order valence-electron chi connectivity index (χ1n) is 9.93. The lowest BCUT2D eigenvalue weighted by Crippen LogP contribution is -2.47. The van der Waals surface area contributed by atoms with Crippen molar-refractivity contribution in [3.63, 3.8) is 0 Å². The summed E-state index contributed by atoms with van der Waals surface area (Å²) in [5, 5.41) is 18.8. The Morgan fingerprint density at radius 1 is 0.931 bits per heavy atom. The van der Waals surface area contributed by atoms with Crippen molar-refractivity contribution in [1.29, 1.82) is 0 Å². The molecule has 0 bridgehead atoms. The third-order valence-corrected chi connectivity index (χ3v) is 4.67. The molecule has 2 rings (SSSR count). The molecule has 0 aromatic heterocycles. The highest BCUT2D eigenvalue weighted by molar-refractivity contribution is 5.89. The summed E-state index contributed by atoms with van der Waals surface area (Å²) in [4.78, 5) is 12.6. The van der Waals surface area contributed by atoms with E-state index in [0.29, 0.717) is 25.2 Å². The summed E-state index contributed by atoms with van der Waals surface area (Å²) in [5.74, 6) is -1.24. The van der Waals surface area contributed by atoms with Crippen molar-refractivity contribution < 1.29 is 29.2 Å². The fourth-order valence-corrected chi connectivity index (χ4v) is 3.18. The van der Waals surface area contributed by atoms with E-state index in [1.165, 1.54) is 24.3 Å². The molecule has 2 N–H and O–H groups in total. The van der Waals surface area contributed by atoms with Gasteiger partial charge >= 0.3 is 5.97 Å². The van der Waals surface area contributed by atoms with Crippen LogP contribution < -0.4 is 0 Å². The Bertz CT molecular complexity index is 748. The van der Waals surface area contributed by atoms with Gasteiger partial charge in [0.2, 0.25) is 5.79 Å². The van der Waals surface area contributed by atoms with Crippen LogP contribution in [0.5, 0.6) is 11.5 Å². The maximum Gasteiger partial charge on any atom is 0.338 e. The summed E-state index contributed by atoms with van der Waals surface area (Å²) in [6, 6.07) is 13.0. The molecule has 0 spiro atoms. The Kier molecular flexibility index (Phi) is 8.49. The Balaban J connectivity index is 2.11. The molecule has 158 valence electrons. The number of aryl methyl sites for hydroxylation is 1. The highest BCUT2D eigenvalue weighted by Crippen LogP contribution is 2.27. The Morgan fingerprint density at radius 2 is 1.45 bits per heavy atom. The largest absolute Gasteiger partial charge is 0.508 e. The van der Waals surface area contributed by atoms with Crippen LogP contribution in [0.3, 0.4) is 0 Å². The zero-order chi connectivity index (χ0) is 21.3. The maximum absolute atomic E-state index is 12.6. The van der Waals surface area contributed by atoms with E-state index in [0.717, 1.165) is 18.4 Å².